The second kappa shape index (κ2) is 6.58. The van der Waals surface area contributed by atoms with E-state index in [-0.39, 0.29) is 17.9 Å². The standard InChI is InChI=1S/C15H21FN2O3Si/c1-20-12-6-5-11-13(14(12)16)15(19)18(9-17-11)10-21-7-8-22(2,3)4/h5-6,9H,7-8,10H2,1-4H3. The van der Waals surface area contributed by atoms with E-state index < -0.39 is 19.5 Å². The number of hydrogen-bond acceptors (Lipinski definition) is 4. The van der Waals surface area contributed by atoms with Gasteiger partial charge in [0.1, 0.15) is 18.4 Å². The average Bonchev–Trinajstić information content (AvgIpc) is 2.44. The largest absolute Gasteiger partial charge is 0.494 e. The van der Waals surface area contributed by atoms with E-state index in [0.29, 0.717) is 12.1 Å². The van der Waals surface area contributed by atoms with E-state index in [0.717, 1.165) is 6.04 Å². The highest BCUT2D eigenvalue weighted by Crippen LogP contribution is 2.22. The van der Waals surface area contributed by atoms with Crippen LogP contribution >= 0.6 is 0 Å². The van der Waals surface area contributed by atoms with Gasteiger partial charge >= 0.3 is 0 Å². The fourth-order valence-electron chi connectivity index (χ4n) is 1.98. The molecule has 0 aliphatic heterocycles. The minimum Gasteiger partial charge on any atom is -0.494 e. The number of ether oxygens (including phenoxy) is 2. The van der Waals surface area contributed by atoms with E-state index in [1.54, 1.807) is 6.07 Å². The first-order valence-electron chi connectivity index (χ1n) is 7.13. The molecule has 0 atom stereocenters. The van der Waals surface area contributed by atoms with Crippen molar-refractivity contribution in [3.63, 3.8) is 0 Å². The Morgan fingerprint density at radius 2 is 2.05 bits per heavy atom. The molecule has 0 amide bonds. The summed E-state index contributed by atoms with van der Waals surface area (Å²) >= 11 is 0. The van der Waals surface area contributed by atoms with Gasteiger partial charge < -0.3 is 9.47 Å². The predicted molar refractivity (Wildman–Crippen MR) is 86.6 cm³/mol. The molecule has 0 aliphatic rings. The first kappa shape index (κ1) is 16.6. The summed E-state index contributed by atoms with van der Waals surface area (Å²) in [5, 5.41) is -0.0735. The van der Waals surface area contributed by atoms with E-state index in [1.807, 2.05) is 0 Å². The van der Waals surface area contributed by atoms with Gasteiger partial charge in [-0.1, -0.05) is 19.6 Å². The van der Waals surface area contributed by atoms with Crippen LogP contribution in [0.5, 0.6) is 5.75 Å². The Labute approximate surface area is 129 Å². The van der Waals surface area contributed by atoms with Gasteiger partial charge in [-0.3, -0.25) is 9.36 Å². The number of halogens is 1. The summed E-state index contributed by atoms with van der Waals surface area (Å²) < 4.78 is 25.9. The Bertz CT molecular complexity index is 725. The highest BCUT2D eigenvalue weighted by Gasteiger charge is 2.15. The molecule has 0 saturated carbocycles. The van der Waals surface area contributed by atoms with Crippen LogP contribution in [0, 0.1) is 5.82 Å². The molecule has 7 heteroatoms. The zero-order valence-corrected chi connectivity index (χ0v) is 14.4. The first-order chi connectivity index (χ1) is 10.3. The van der Waals surface area contributed by atoms with Gasteiger partial charge in [-0.15, -0.1) is 0 Å². The Kier molecular flexibility index (Phi) is 4.97. The van der Waals surface area contributed by atoms with Gasteiger partial charge in [0.15, 0.2) is 11.6 Å². The summed E-state index contributed by atoms with van der Waals surface area (Å²) in [5.41, 5.74) is -0.156. The lowest BCUT2D eigenvalue weighted by Crippen LogP contribution is -2.25. The third-order valence-electron chi connectivity index (χ3n) is 3.34. The molecule has 0 fully saturated rings. The smallest absolute Gasteiger partial charge is 0.266 e. The summed E-state index contributed by atoms with van der Waals surface area (Å²) in [4.78, 5) is 16.5. The monoisotopic (exact) mass is 324 g/mol. The van der Waals surface area contributed by atoms with Gasteiger partial charge in [0.25, 0.3) is 5.56 Å². The van der Waals surface area contributed by atoms with Crippen molar-refractivity contribution in [2.75, 3.05) is 13.7 Å². The van der Waals surface area contributed by atoms with Crippen LogP contribution in [0.3, 0.4) is 0 Å². The molecule has 0 aliphatic carbocycles. The van der Waals surface area contributed by atoms with E-state index in [4.69, 9.17) is 9.47 Å². The molecule has 1 aromatic carbocycles. The maximum absolute atomic E-state index is 14.2. The summed E-state index contributed by atoms with van der Waals surface area (Å²) in [5.74, 6) is -0.655. The lowest BCUT2D eigenvalue weighted by atomic mass is 10.2. The summed E-state index contributed by atoms with van der Waals surface area (Å²) in [6, 6.07) is 4.03. The predicted octanol–water partition coefficient (Wildman–Crippen LogP) is 2.86. The number of nitrogens with zero attached hydrogens (tertiary/aromatic N) is 2. The topological polar surface area (TPSA) is 53.4 Å². The summed E-state index contributed by atoms with van der Waals surface area (Å²) in [6.07, 6.45) is 1.38. The van der Waals surface area contributed by atoms with Crippen molar-refractivity contribution in [3.8, 4) is 5.75 Å². The Balaban J connectivity index is 2.23. The fraction of sp³-hybridized carbons (Fsp3) is 0.467. The van der Waals surface area contributed by atoms with Gasteiger partial charge in [0.2, 0.25) is 0 Å². The van der Waals surface area contributed by atoms with Gasteiger partial charge in [0.05, 0.1) is 12.6 Å². The summed E-state index contributed by atoms with van der Waals surface area (Å²) in [6.45, 7) is 7.41. The molecule has 22 heavy (non-hydrogen) atoms. The van der Waals surface area contributed by atoms with Crippen LogP contribution in [0.15, 0.2) is 23.3 Å². The number of rotatable bonds is 6. The van der Waals surface area contributed by atoms with Crippen LogP contribution in [0.4, 0.5) is 4.39 Å². The van der Waals surface area contributed by atoms with Crippen LogP contribution in [0.1, 0.15) is 0 Å². The number of fused-ring (bicyclic) bond motifs is 1. The van der Waals surface area contributed by atoms with E-state index in [1.165, 1.54) is 24.1 Å². The zero-order chi connectivity index (χ0) is 16.3. The van der Waals surface area contributed by atoms with Crippen LogP contribution < -0.4 is 10.3 Å². The molecular formula is C15H21FN2O3Si. The Hall–Kier alpha value is -1.73. The molecule has 0 saturated heterocycles. The van der Waals surface area contributed by atoms with Crippen molar-refractivity contribution in [1.82, 2.24) is 9.55 Å². The van der Waals surface area contributed by atoms with Crippen molar-refractivity contribution >= 4 is 19.0 Å². The van der Waals surface area contributed by atoms with Gasteiger partial charge in [-0.25, -0.2) is 9.37 Å². The van der Waals surface area contributed by atoms with Crippen molar-refractivity contribution in [1.29, 1.82) is 0 Å². The Morgan fingerprint density at radius 3 is 2.68 bits per heavy atom. The molecular weight excluding hydrogens is 303 g/mol. The van der Waals surface area contributed by atoms with Crippen LogP contribution in [-0.4, -0.2) is 31.3 Å². The normalized spacial score (nSPS) is 11.9. The molecule has 0 N–H and O–H groups in total. The van der Waals surface area contributed by atoms with E-state index >= 15 is 0 Å². The second-order valence-electron chi connectivity index (χ2n) is 6.34. The van der Waals surface area contributed by atoms with Crippen molar-refractivity contribution in [2.45, 2.75) is 32.4 Å². The molecule has 0 spiro atoms. The van der Waals surface area contributed by atoms with E-state index in [2.05, 4.69) is 24.6 Å². The third kappa shape index (κ3) is 3.72. The van der Waals surface area contributed by atoms with Gasteiger partial charge in [-0.2, -0.15) is 0 Å². The quantitative estimate of drug-likeness (QED) is 0.606. The zero-order valence-electron chi connectivity index (χ0n) is 13.4. The van der Waals surface area contributed by atoms with Crippen molar-refractivity contribution < 1.29 is 13.9 Å². The summed E-state index contributed by atoms with van der Waals surface area (Å²) in [7, 11) is 0.181. The molecule has 0 bridgehead atoms. The SMILES string of the molecule is COc1ccc2ncn(COCC[Si](C)(C)C)c(=O)c2c1F. The minimum absolute atomic E-state index is 0.0313. The highest BCUT2D eigenvalue weighted by molar-refractivity contribution is 6.76. The molecule has 2 aromatic rings. The lowest BCUT2D eigenvalue weighted by molar-refractivity contribution is 0.0844. The maximum Gasteiger partial charge on any atom is 0.266 e. The van der Waals surface area contributed by atoms with Crippen molar-refractivity contribution in [3.05, 3.63) is 34.6 Å². The molecule has 1 aromatic heterocycles. The molecule has 0 unspecified atom stereocenters. The third-order valence-corrected chi connectivity index (χ3v) is 5.05. The van der Waals surface area contributed by atoms with E-state index in [9.17, 15) is 9.18 Å². The Morgan fingerprint density at radius 1 is 1.32 bits per heavy atom. The molecule has 1 heterocycles. The number of hydrogen-bond donors (Lipinski definition) is 0. The maximum atomic E-state index is 14.2. The van der Waals surface area contributed by atoms with Gasteiger partial charge in [-0.05, 0) is 18.2 Å². The number of benzene rings is 1. The van der Waals surface area contributed by atoms with Crippen LogP contribution in [-0.2, 0) is 11.5 Å². The lowest BCUT2D eigenvalue weighted by Gasteiger charge is -2.15. The molecule has 5 nitrogen and oxygen atoms in total. The first-order valence-corrected chi connectivity index (χ1v) is 10.8. The van der Waals surface area contributed by atoms with Crippen LogP contribution in [0.2, 0.25) is 25.7 Å². The molecule has 2 rings (SSSR count). The molecule has 0 radical (unpaired) electrons. The fourth-order valence-corrected chi connectivity index (χ4v) is 2.73. The number of methoxy groups -OCH3 is 1. The van der Waals surface area contributed by atoms with Gasteiger partial charge in [0, 0.05) is 14.7 Å². The molecule has 120 valence electrons. The average molecular weight is 324 g/mol. The number of aromatic nitrogens is 2. The second-order valence-corrected chi connectivity index (χ2v) is 12.0. The minimum atomic E-state index is -1.18. The highest BCUT2D eigenvalue weighted by atomic mass is 28.3. The van der Waals surface area contributed by atoms with Crippen LogP contribution in [0.25, 0.3) is 10.9 Å². The van der Waals surface area contributed by atoms with Crippen molar-refractivity contribution in [2.24, 2.45) is 0 Å².